The number of hydrogen-bond acceptors (Lipinski definition) is 5. The molecule has 0 aliphatic heterocycles. The third kappa shape index (κ3) is 4.89. The molecule has 0 spiro atoms. The van der Waals surface area contributed by atoms with E-state index in [1.807, 2.05) is 19.0 Å². The number of nitrogens with zero attached hydrogens (tertiary/aromatic N) is 1. The van der Waals surface area contributed by atoms with E-state index in [2.05, 4.69) is 5.32 Å². The molecule has 1 atom stereocenters. The van der Waals surface area contributed by atoms with Crippen LogP contribution in [0.2, 0.25) is 0 Å². The molecule has 1 rings (SSSR count). The van der Waals surface area contributed by atoms with Crippen LogP contribution in [0, 0.1) is 0 Å². The first-order chi connectivity index (χ1) is 8.71. The fourth-order valence-electron chi connectivity index (χ4n) is 2.02. The molecule has 0 saturated heterocycles. The second-order valence-corrected chi connectivity index (χ2v) is 5.45. The number of rotatable bonds is 6. The summed E-state index contributed by atoms with van der Waals surface area (Å²) in [5.74, 6) is -0.0522. The van der Waals surface area contributed by atoms with Crippen molar-refractivity contribution < 1.29 is 9.90 Å². The molecule has 0 fully saturated rings. The van der Waals surface area contributed by atoms with Gasteiger partial charge in [-0.3, -0.25) is 4.79 Å². The highest BCUT2D eigenvalue weighted by Crippen LogP contribution is 2.19. The van der Waals surface area contributed by atoms with Gasteiger partial charge < -0.3 is 21.1 Å². The minimum absolute atomic E-state index is 0.0522. The first-order valence-corrected chi connectivity index (χ1v) is 6.23. The number of carbonyl (C=O) groups excluding carboxylic acids is 1. The number of carbonyl (C=O) groups is 1. The fraction of sp³-hybridized carbons (Fsp3) is 0.500. The van der Waals surface area contributed by atoms with E-state index in [-0.39, 0.29) is 5.78 Å². The molecule has 1 unspecified atom stereocenters. The Kier molecular flexibility index (Phi) is 4.91. The number of Topliss-reactive ketones (excluding diaryl/α,β-unsaturated/α-hetero) is 1. The Balaban J connectivity index is 2.69. The highest BCUT2D eigenvalue weighted by Gasteiger charge is 2.21. The van der Waals surface area contributed by atoms with Gasteiger partial charge in [-0.05, 0) is 46.1 Å². The quantitative estimate of drug-likeness (QED) is 0.532. The molecule has 19 heavy (non-hydrogen) atoms. The lowest BCUT2D eigenvalue weighted by atomic mass is 10.1. The number of nitrogen functional groups attached to an aromatic ring is 1. The average molecular weight is 265 g/mol. The van der Waals surface area contributed by atoms with Crippen LogP contribution in [0.4, 0.5) is 11.4 Å². The molecule has 0 bridgehead atoms. The monoisotopic (exact) mass is 265 g/mol. The van der Waals surface area contributed by atoms with E-state index >= 15 is 0 Å². The first-order valence-electron chi connectivity index (χ1n) is 6.23. The van der Waals surface area contributed by atoms with E-state index in [1.54, 1.807) is 25.1 Å². The number of hydrogen-bond donors (Lipinski definition) is 3. The lowest BCUT2D eigenvalue weighted by Gasteiger charge is -2.27. The van der Waals surface area contributed by atoms with Crippen LogP contribution in [0.25, 0.3) is 0 Å². The lowest BCUT2D eigenvalue weighted by molar-refractivity contribution is 0.0460. The molecule has 0 radical (unpaired) electrons. The summed E-state index contributed by atoms with van der Waals surface area (Å²) in [6.45, 7) is 4.22. The van der Waals surface area contributed by atoms with Crippen molar-refractivity contribution in [1.29, 1.82) is 0 Å². The molecule has 1 aromatic carbocycles. The van der Waals surface area contributed by atoms with Crippen molar-refractivity contribution in [3.05, 3.63) is 23.8 Å². The van der Waals surface area contributed by atoms with Crippen LogP contribution in [-0.2, 0) is 0 Å². The molecule has 0 aromatic heterocycles. The molecule has 0 saturated carbocycles. The zero-order valence-electron chi connectivity index (χ0n) is 12.0. The van der Waals surface area contributed by atoms with Crippen LogP contribution < -0.4 is 11.1 Å². The summed E-state index contributed by atoms with van der Waals surface area (Å²) in [5.41, 5.74) is 6.74. The maximum atomic E-state index is 11.3. The highest BCUT2D eigenvalue weighted by molar-refractivity contribution is 5.99. The summed E-state index contributed by atoms with van der Waals surface area (Å²) in [6.07, 6.45) is 0. The van der Waals surface area contributed by atoms with Crippen molar-refractivity contribution in [2.45, 2.75) is 19.4 Å². The number of aliphatic hydroxyl groups is 1. The van der Waals surface area contributed by atoms with Gasteiger partial charge >= 0.3 is 0 Å². The van der Waals surface area contributed by atoms with E-state index in [0.717, 1.165) is 5.69 Å². The molecule has 0 aliphatic carbocycles. The van der Waals surface area contributed by atoms with Gasteiger partial charge in [0.25, 0.3) is 0 Å². The second kappa shape index (κ2) is 6.04. The van der Waals surface area contributed by atoms with Gasteiger partial charge in [0.1, 0.15) is 0 Å². The average Bonchev–Trinajstić information content (AvgIpc) is 2.24. The smallest absolute Gasteiger partial charge is 0.161 e. The molecule has 0 aliphatic rings. The second-order valence-electron chi connectivity index (χ2n) is 5.45. The predicted octanol–water partition coefficient (Wildman–Crippen LogP) is 1.20. The third-order valence-corrected chi connectivity index (χ3v) is 2.76. The number of likely N-dealkylation sites (N-methyl/N-ethyl adjacent to an activating group) is 1. The summed E-state index contributed by atoms with van der Waals surface area (Å²) in [5, 5.41) is 13.3. The minimum atomic E-state index is -0.836. The van der Waals surface area contributed by atoms with Crippen LogP contribution >= 0.6 is 0 Å². The first kappa shape index (κ1) is 15.5. The molecule has 4 N–H and O–H groups in total. The van der Waals surface area contributed by atoms with Crippen molar-refractivity contribution in [2.24, 2.45) is 0 Å². The van der Waals surface area contributed by atoms with Gasteiger partial charge in [-0.15, -0.1) is 0 Å². The Hall–Kier alpha value is -1.59. The maximum Gasteiger partial charge on any atom is 0.161 e. The van der Waals surface area contributed by atoms with E-state index in [4.69, 9.17) is 5.73 Å². The number of nitrogens with one attached hydrogen (secondary N) is 1. The highest BCUT2D eigenvalue weighted by atomic mass is 16.3. The normalized spacial score (nSPS) is 14.2. The van der Waals surface area contributed by atoms with E-state index in [9.17, 15) is 9.90 Å². The van der Waals surface area contributed by atoms with Gasteiger partial charge in [0, 0.05) is 30.0 Å². The van der Waals surface area contributed by atoms with E-state index in [1.165, 1.54) is 6.92 Å². The van der Waals surface area contributed by atoms with Gasteiger partial charge in [0.05, 0.1) is 5.60 Å². The van der Waals surface area contributed by atoms with Gasteiger partial charge in [-0.2, -0.15) is 0 Å². The number of benzene rings is 1. The van der Waals surface area contributed by atoms with Gasteiger partial charge in [0.2, 0.25) is 0 Å². The largest absolute Gasteiger partial charge is 0.398 e. The standard InChI is InChI=1S/C14H23N3O2/c1-10(18)12-6-5-11(7-13(12)15)16-8-14(2,19)9-17(3)4/h5-7,16,19H,8-9,15H2,1-4H3. The summed E-state index contributed by atoms with van der Waals surface area (Å²) >= 11 is 0. The topological polar surface area (TPSA) is 78.6 Å². The summed E-state index contributed by atoms with van der Waals surface area (Å²) in [6, 6.07) is 5.20. The summed E-state index contributed by atoms with van der Waals surface area (Å²) in [7, 11) is 3.82. The minimum Gasteiger partial charge on any atom is -0.398 e. The van der Waals surface area contributed by atoms with Crippen molar-refractivity contribution in [1.82, 2.24) is 4.90 Å². The summed E-state index contributed by atoms with van der Waals surface area (Å²) < 4.78 is 0. The lowest BCUT2D eigenvalue weighted by Crippen LogP contribution is -2.43. The molecular weight excluding hydrogens is 242 g/mol. The van der Waals surface area contributed by atoms with Crippen molar-refractivity contribution in [3.8, 4) is 0 Å². The van der Waals surface area contributed by atoms with Crippen LogP contribution in [0.5, 0.6) is 0 Å². The summed E-state index contributed by atoms with van der Waals surface area (Å²) in [4.78, 5) is 13.2. The Morgan fingerprint density at radius 1 is 1.47 bits per heavy atom. The zero-order chi connectivity index (χ0) is 14.6. The SMILES string of the molecule is CC(=O)c1ccc(NCC(C)(O)CN(C)C)cc1N. The fourth-order valence-corrected chi connectivity index (χ4v) is 2.02. The molecule has 0 amide bonds. The van der Waals surface area contributed by atoms with E-state index < -0.39 is 5.60 Å². The zero-order valence-corrected chi connectivity index (χ0v) is 12.0. The number of nitrogens with two attached hydrogens (primary N) is 1. The van der Waals surface area contributed by atoms with Gasteiger partial charge in [-0.25, -0.2) is 0 Å². The van der Waals surface area contributed by atoms with Crippen LogP contribution in [0.3, 0.4) is 0 Å². The number of ketones is 1. The van der Waals surface area contributed by atoms with Crippen molar-refractivity contribution in [2.75, 3.05) is 38.2 Å². The van der Waals surface area contributed by atoms with Gasteiger partial charge in [-0.1, -0.05) is 0 Å². The molecule has 106 valence electrons. The molecular formula is C14H23N3O2. The molecule has 0 heterocycles. The molecule has 5 heteroatoms. The van der Waals surface area contributed by atoms with Gasteiger partial charge in [0.15, 0.2) is 5.78 Å². The Morgan fingerprint density at radius 2 is 2.11 bits per heavy atom. The van der Waals surface area contributed by atoms with Crippen LogP contribution in [0.1, 0.15) is 24.2 Å². The predicted molar refractivity (Wildman–Crippen MR) is 78.5 cm³/mol. The molecule has 1 aromatic rings. The third-order valence-electron chi connectivity index (χ3n) is 2.76. The number of anilines is 2. The van der Waals surface area contributed by atoms with E-state index in [0.29, 0.717) is 24.3 Å². The Labute approximate surface area is 114 Å². The van der Waals surface area contributed by atoms with Crippen molar-refractivity contribution in [3.63, 3.8) is 0 Å². The molecule has 5 nitrogen and oxygen atoms in total. The Morgan fingerprint density at radius 3 is 2.58 bits per heavy atom. The van der Waals surface area contributed by atoms with Crippen LogP contribution in [0.15, 0.2) is 18.2 Å². The maximum absolute atomic E-state index is 11.3. The Bertz CT molecular complexity index is 456. The van der Waals surface area contributed by atoms with Crippen molar-refractivity contribution >= 4 is 17.2 Å². The van der Waals surface area contributed by atoms with Crippen LogP contribution in [-0.4, -0.2) is 48.6 Å².